The molecule has 6 heteroatoms. The molecule has 0 fully saturated rings. The lowest BCUT2D eigenvalue weighted by Crippen LogP contribution is -2.17. The summed E-state index contributed by atoms with van der Waals surface area (Å²) >= 11 is 0. The zero-order valence-corrected chi connectivity index (χ0v) is 12.0. The van der Waals surface area contributed by atoms with E-state index in [0.29, 0.717) is 5.95 Å². The second-order valence-corrected chi connectivity index (χ2v) is 5.21. The van der Waals surface area contributed by atoms with Crippen molar-refractivity contribution in [1.82, 2.24) is 15.0 Å². The van der Waals surface area contributed by atoms with Crippen molar-refractivity contribution in [2.24, 2.45) is 0 Å². The number of aromatic hydroxyl groups is 1. The molecule has 0 atom stereocenters. The van der Waals surface area contributed by atoms with Crippen LogP contribution >= 0.6 is 0 Å². The number of nitrogens with one attached hydrogen (secondary N) is 1. The van der Waals surface area contributed by atoms with Crippen LogP contribution in [0.3, 0.4) is 0 Å². The Balaban J connectivity index is 2.45. The van der Waals surface area contributed by atoms with Crippen LogP contribution in [0.4, 0.5) is 11.8 Å². The van der Waals surface area contributed by atoms with Crippen LogP contribution in [0, 0.1) is 0 Å². The van der Waals surface area contributed by atoms with Crippen LogP contribution in [-0.4, -0.2) is 48.2 Å². The summed E-state index contributed by atoms with van der Waals surface area (Å²) in [6.07, 6.45) is 0. The summed E-state index contributed by atoms with van der Waals surface area (Å²) in [6, 6.07) is 5.24. The lowest BCUT2D eigenvalue weighted by atomic mass is 10.2. The van der Waals surface area contributed by atoms with E-state index in [-0.39, 0.29) is 5.75 Å². The van der Waals surface area contributed by atoms with E-state index in [0.717, 1.165) is 27.8 Å². The fourth-order valence-electron chi connectivity index (χ4n) is 2.28. The zero-order chi connectivity index (χ0) is 14.4. The first-order valence-electron chi connectivity index (χ1n) is 6.34. The molecular formula is C14H17N5O. The summed E-state index contributed by atoms with van der Waals surface area (Å²) in [5, 5.41) is 11.6. The largest absolute Gasteiger partial charge is 0.508 e. The summed E-state index contributed by atoms with van der Waals surface area (Å²) in [5.74, 6) is 1.72. The Bertz CT molecular complexity index is 791. The fourth-order valence-corrected chi connectivity index (χ4v) is 2.28. The smallest absolute Gasteiger partial charge is 0.228 e. The van der Waals surface area contributed by atoms with Gasteiger partial charge in [-0.3, -0.25) is 0 Å². The highest BCUT2D eigenvalue weighted by molar-refractivity contribution is 6.11. The van der Waals surface area contributed by atoms with Crippen LogP contribution in [0.5, 0.6) is 5.75 Å². The number of H-pyrrole nitrogens is 1. The number of rotatable bonds is 2. The van der Waals surface area contributed by atoms with Crippen molar-refractivity contribution in [3.63, 3.8) is 0 Å². The lowest BCUT2D eigenvalue weighted by Gasteiger charge is -2.16. The van der Waals surface area contributed by atoms with Crippen LogP contribution in [0.2, 0.25) is 0 Å². The highest BCUT2D eigenvalue weighted by atomic mass is 16.3. The van der Waals surface area contributed by atoms with Crippen molar-refractivity contribution in [3.8, 4) is 5.75 Å². The van der Waals surface area contributed by atoms with Gasteiger partial charge in [-0.1, -0.05) is 0 Å². The number of hydrogen-bond acceptors (Lipinski definition) is 5. The van der Waals surface area contributed by atoms with Crippen LogP contribution < -0.4 is 9.80 Å². The summed E-state index contributed by atoms with van der Waals surface area (Å²) in [4.78, 5) is 16.2. The van der Waals surface area contributed by atoms with Crippen molar-refractivity contribution >= 4 is 33.7 Å². The second-order valence-electron chi connectivity index (χ2n) is 5.21. The van der Waals surface area contributed by atoms with Gasteiger partial charge >= 0.3 is 0 Å². The average molecular weight is 271 g/mol. The molecule has 0 aliphatic carbocycles. The van der Waals surface area contributed by atoms with E-state index in [1.165, 1.54) is 0 Å². The van der Waals surface area contributed by atoms with Gasteiger partial charge in [0.25, 0.3) is 0 Å². The third-order valence-corrected chi connectivity index (χ3v) is 3.23. The third-order valence-electron chi connectivity index (χ3n) is 3.23. The number of aromatic amines is 1. The molecule has 0 saturated heterocycles. The molecule has 104 valence electrons. The molecule has 0 aliphatic heterocycles. The molecule has 6 nitrogen and oxygen atoms in total. The Morgan fingerprint density at radius 3 is 2.45 bits per heavy atom. The van der Waals surface area contributed by atoms with Crippen molar-refractivity contribution < 1.29 is 5.11 Å². The average Bonchev–Trinajstić information content (AvgIpc) is 2.75. The number of anilines is 2. The molecule has 1 aromatic carbocycles. The summed E-state index contributed by atoms with van der Waals surface area (Å²) in [6.45, 7) is 0. The minimum atomic E-state index is 0.236. The highest BCUT2D eigenvalue weighted by Gasteiger charge is 2.16. The SMILES string of the molecule is CN(C)c1nc(N(C)C)c2c(n1)[nH]c1ccc(O)cc12. The minimum absolute atomic E-state index is 0.236. The van der Waals surface area contributed by atoms with Gasteiger partial charge in [-0.25, -0.2) is 0 Å². The molecule has 20 heavy (non-hydrogen) atoms. The van der Waals surface area contributed by atoms with Gasteiger partial charge in [0.2, 0.25) is 5.95 Å². The quantitative estimate of drug-likeness (QED) is 0.745. The van der Waals surface area contributed by atoms with E-state index in [1.807, 2.05) is 44.1 Å². The van der Waals surface area contributed by atoms with E-state index in [2.05, 4.69) is 15.0 Å². The summed E-state index contributed by atoms with van der Waals surface area (Å²) < 4.78 is 0. The van der Waals surface area contributed by atoms with Crippen LogP contribution in [0.1, 0.15) is 0 Å². The Labute approximate surface area is 116 Å². The van der Waals surface area contributed by atoms with Crippen LogP contribution in [-0.2, 0) is 0 Å². The molecule has 0 bridgehead atoms. The van der Waals surface area contributed by atoms with Gasteiger partial charge in [0.1, 0.15) is 17.2 Å². The molecule has 0 saturated carbocycles. The number of aromatic nitrogens is 3. The van der Waals surface area contributed by atoms with Crippen LogP contribution in [0.15, 0.2) is 18.2 Å². The van der Waals surface area contributed by atoms with Gasteiger partial charge in [-0.2, -0.15) is 9.97 Å². The molecule has 3 rings (SSSR count). The normalized spacial score (nSPS) is 11.2. The van der Waals surface area contributed by atoms with E-state index < -0.39 is 0 Å². The van der Waals surface area contributed by atoms with Crippen molar-refractivity contribution in [1.29, 1.82) is 0 Å². The standard InChI is InChI=1S/C14H17N5O/c1-18(2)13-11-9-7-8(20)5-6-10(9)15-12(11)16-14(17-13)19(3)4/h5-7,20H,1-4H3,(H,15,16,17). The van der Waals surface area contributed by atoms with Gasteiger partial charge in [0, 0.05) is 39.1 Å². The predicted molar refractivity (Wildman–Crippen MR) is 81.7 cm³/mol. The first kappa shape index (κ1) is 12.5. The Morgan fingerprint density at radius 1 is 1.05 bits per heavy atom. The molecule has 2 N–H and O–H groups in total. The number of phenols is 1. The molecule has 0 amide bonds. The molecule has 0 radical (unpaired) electrons. The van der Waals surface area contributed by atoms with Crippen LogP contribution in [0.25, 0.3) is 21.9 Å². The molecule has 0 aliphatic rings. The number of fused-ring (bicyclic) bond motifs is 3. The number of hydrogen-bond donors (Lipinski definition) is 2. The van der Waals surface area contributed by atoms with Gasteiger partial charge in [-0.15, -0.1) is 0 Å². The first-order valence-corrected chi connectivity index (χ1v) is 6.34. The molecule has 3 aromatic rings. The van der Waals surface area contributed by atoms with Gasteiger partial charge in [0.05, 0.1) is 5.39 Å². The van der Waals surface area contributed by atoms with Gasteiger partial charge < -0.3 is 19.9 Å². The minimum Gasteiger partial charge on any atom is -0.508 e. The molecule has 2 aromatic heterocycles. The van der Waals surface area contributed by atoms with Crippen molar-refractivity contribution in [3.05, 3.63) is 18.2 Å². The molecule has 0 unspecified atom stereocenters. The maximum Gasteiger partial charge on any atom is 0.228 e. The highest BCUT2D eigenvalue weighted by Crippen LogP contribution is 2.33. The Morgan fingerprint density at radius 2 is 1.80 bits per heavy atom. The zero-order valence-electron chi connectivity index (χ0n) is 12.0. The molecule has 0 spiro atoms. The van der Waals surface area contributed by atoms with E-state index in [1.54, 1.807) is 12.1 Å². The lowest BCUT2D eigenvalue weighted by molar-refractivity contribution is 0.476. The van der Waals surface area contributed by atoms with E-state index >= 15 is 0 Å². The fraction of sp³-hybridized carbons (Fsp3) is 0.286. The Hall–Kier alpha value is -2.50. The predicted octanol–water partition coefficient (Wildman–Crippen LogP) is 1.95. The number of phenolic OH excluding ortho intramolecular Hbond substituents is 1. The molecular weight excluding hydrogens is 254 g/mol. The second kappa shape index (κ2) is 4.26. The number of benzene rings is 1. The first-order chi connectivity index (χ1) is 9.47. The maximum absolute atomic E-state index is 9.70. The van der Waals surface area contributed by atoms with Gasteiger partial charge in [-0.05, 0) is 18.2 Å². The van der Waals surface area contributed by atoms with Gasteiger partial charge in [0.15, 0.2) is 0 Å². The van der Waals surface area contributed by atoms with Crippen molar-refractivity contribution in [2.45, 2.75) is 0 Å². The topological polar surface area (TPSA) is 68.3 Å². The maximum atomic E-state index is 9.70. The summed E-state index contributed by atoms with van der Waals surface area (Å²) in [7, 11) is 7.72. The molecule has 2 heterocycles. The van der Waals surface area contributed by atoms with E-state index in [9.17, 15) is 5.11 Å². The van der Waals surface area contributed by atoms with Crippen molar-refractivity contribution in [2.75, 3.05) is 38.0 Å². The Kier molecular flexibility index (Phi) is 2.67. The third kappa shape index (κ3) is 1.80. The number of nitrogens with zero attached hydrogens (tertiary/aromatic N) is 4. The monoisotopic (exact) mass is 271 g/mol. The summed E-state index contributed by atoms with van der Waals surface area (Å²) in [5.41, 5.74) is 1.71. The van der Waals surface area contributed by atoms with E-state index in [4.69, 9.17) is 0 Å².